The number of amides is 1. The van der Waals surface area contributed by atoms with Crippen LogP contribution in [0.15, 0.2) is 65.5 Å². The van der Waals surface area contributed by atoms with Crippen LogP contribution in [0.4, 0.5) is 13.2 Å². The summed E-state index contributed by atoms with van der Waals surface area (Å²) < 4.78 is 65.6. The summed E-state index contributed by atoms with van der Waals surface area (Å²) in [6.45, 7) is 0.745. The van der Waals surface area contributed by atoms with Gasteiger partial charge in [-0.1, -0.05) is 36.4 Å². The molecule has 0 spiro atoms. The van der Waals surface area contributed by atoms with E-state index in [-0.39, 0.29) is 11.4 Å². The molecule has 0 aliphatic rings. The number of hydrogen-bond acceptors (Lipinski definition) is 5. The lowest BCUT2D eigenvalue weighted by Crippen LogP contribution is -2.40. The highest BCUT2D eigenvalue weighted by Gasteiger charge is 2.32. The molecule has 1 N–H and O–H groups in total. The first-order valence-electron chi connectivity index (χ1n) is 9.95. The van der Waals surface area contributed by atoms with Gasteiger partial charge in [-0.3, -0.25) is 14.2 Å². The molecule has 3 rings (SSSR count). The first-order chi connectivity index (χ1) is 16.2. The first kappa shape index (κ1) is 25.7. The lowest BCUT2D eigenvalue weighted by atomic mass is 10.1. The first-order valence-corrected chi connectivity index (χ1v) is 11.8. The smallest absolute Gasteiger partial charge is 0.416 e. The number of carboxylic acid groups (broad SMARTS) is 1. The second kappa shape index (κ2) is 9.37. The summed E-state index contributed by atoms with van der Waals surface area (Å²) in [5.74, 6) is -2.88. The maximum Gasteiger partial charge on any atom is 0.416 e. The molecule has 0 atom stereocenters. The Balaban J connectivity index is 2.26. The van der Waals surface area contributed by atoms with E-state index in [2.05, 4.69) is 0 Å². The Labute approximate surface area is 197 Å². The molecular formula is C23H19F3N2O6S. The predicted molar refractivity (Wildman–Crippen MR) is 120 cm³/mol. The van der Waals surface area contributed by atoms with Crippen molar-refractivity contribution in [2.45, 2.75) is 19.6 Å². The van der Waals surface area contributed by atoms with Crippen molar-refractivity contribution in [3.05, 3.63) is 99.0 Å². The zero-order valence-electron chi connectivity index (χ0n) is 18.4. The Kier molecular flexibility index (Phi) is 6.88. The molecule has 0 aliphatic carbocycles. The molecular weight excluding hydrogens is 489 g/mol. The molecule has 1 heterocycles. The molecule has 0 saturated carbocycles. The molecule has 1 amide bonds. The van der Waals surface area contributed by atoms with Crippen molar-refractivity contribution >= 4 is 21.9 Å². The number of carbonyl (C=O) groups excluding carboxylic acids is 1. The zero-order valence-corrected chi connectivity index (χ0v) is 19.2. The number of sulfonamides is 1. The van der Waals surface area contributed by atoms with Crippen molar-refractivity contribution in [3.63, 3.8) is 0 Å². The van der Waals surface area contributed by atoms with Crippen LogP contribution in [-0.4, -0.2) is 40.5 Å². The van der Waals surface area contributed by atoms with Gasteiger partial charge in [0.25, 0.3) is 11.5 Å². The molecule has 0 fully saturated rings. The van der Waals surface area contributed by atoms with E-state index < -0.39 is 56.9 Å². The summed E-state index contributed by atoms with van der Waals surface area (Å²) in [5, 5.41) is 9.61. The van der Waals surface area contributed by atoms with Crippen molar-refractivity contribution in [3.8, 4) is 5.69 Å². The maximum absolute atomic E-state index is 13.3. The third kappa shape index (κ3) is 5.43. The van der Waals surface area contributed by atoms with Crippen LogP contribution in [0.2, 0.25) is 0 Å². The highest BCUT2D eigenvalue weighted by Crippen LogP contribution is 2.30. The quantitative estimate of drug-likeness (QED) is 0.546. The average Bonchev–Trinajstić information content (AvgIpc) is 2.76. The number of hydrogen-bond donors (Lipinski definition) is 1. The molecule has 12 heteroatoms. The van der Waals surface area contributed by atoms with Crippen LogP contribution >= 0.6 is 0 Å². The fourth-order valence-electron chi connectivity index (χ4n) is 3.43. The number of halogens is 3. The van der Waals surface area contributed by atoms with Crippen LogP contribution in [0.3, 0.4) is 0 Å². The van der Waals surface area contributed by atoms with Gasteiger partial charge >= 0.3 is 12.1 Å². The van der Waals surface area contributed by atoms with E-state index in [4.69, 9.17) is 0 Å². The summed E-state index contributed by atoms with van der Waals surface area (Å²) in [5.41, 5.74) is -3.82. The maximum atomic E-state index is 13.3. The molecule has 35 heavy (non-hydrogen) atoms. The summed E-state index contributed by atoms with van der Waals surface area (Å²) >= 11 is 0. The largest absolute Gasteiger partial charge is 0.478 e. The molecule has 0 saturated heterocycles. The number of pyridine rings is 1. The Bertz CT molecular complexity index is 1460. The minimum atomic E-state index is -4.75. The summed E-state index contributed by atoms with van der Waals surface area (Å²) in [6.07, 6.45) is -4.01. The Hall–Kier alpha value is -3.93. The number of nitrogens with zero attached hydrogens (tertiary/aromatic N) is 2. The Morgan fingerprint density at radius 3 is 2.17 bits per heavy atom. The van der Waals surface area contributed by atoms with Crippen LogP contribution in [0.1, 0.15) is 37.5 Å². The molecule has 8 nitrogen and oxygen atoms in total. The van der Waals surface area contributed by atoms with Crippen LogP contribution < -0.4 is 5.56 Å². The standard InChI is InChI=1S/C23H19F3N2O6S/c1-14-18(22(31)32)12-19(20(29)27(35(2,33)34)13-15-7-4-3-5-8-15)21(30)28(14)17-10-6-9-16(11-17)23(24,25)26/h3-12H,13H2,1-2H3,(H,31,32). The van der Waals surface area contributed by atoms with E-state index in [1.165, 1.54) is 6.92 Å². The third-order valence-corrected chi connectivity index (χ3v) is 6.23. The van der Waals surface area contributed by atoms with Gasteiger partial charge in [-0.2, -0.15) is 13.2 Å². The van der Waals surface area contributed by atoms with Gasteiger partial charge in [-0.15, -0.1) is 0 Å². The SMILES string of the molecule is Cc1c(C(=O)O)cc(C(=O)N(Cc2ccccc2)S(C)(=O)=O)c(=O)n1-c1cccc(C(F)(F)F)c1. The second-order valence-corrected chi connectivity index (χ2v) is 9.52. The molecule has 0 aliphatic heterocycles. The Morgan fingerprint density at radius 1 is 1.00 bits per heavy atom. The van der Waals surface area contributed by atoms with Crippen LogP contribution in [0.5, 0.6) is 0 Å². The van der Waals surface area contributed by atoms with Crippen LogP contribution in [-0.2, 0) is 22.7 Å². The number of aromatic nitrogens is 1. The number of aromatic carboxylic acids is 1. The van der Waals surface area contributed by atoms with E-state index in [1.54, 1.807) is 30.3 Å². The number of carbonyl (C=O) groups is 2. The minimum Gasteiger partial charge on any atom is -0.478 e. The third-order valence-electron chi connectivity index (χ3n) is 5.14. The monoisotopic (exact) mass is 508 g/mol. The van der Waals surface area contributed by atoms with Crippen molar-refractivity contribution in [2.24, 2.45) is 0 Å². The minimum absolute atomic E-state index is 0.243. The van der Waals surface area contributed by atoms with Gasteiger partial charge in [0.1, 0.15) is 5.56 Å². The fourth-order valence-corrected chi connectivity index (χ4v) is 4.21. The molecule has 2 aromatic carbocycles. The van der Waals surface area contributed by atoms with E-state index in [0.29, 0.717) is 20.5 Å². The number of benzene rings is 2. The van der Waals surface area contributed by atoms with E-state index in [0.717, 1.165) is 30.5 Å². The fraction of sp³-hybridized carbons (Fsp3) is 0.174. The molecule has 3 aromatic rings. The summed E-state index contributed by atoms with van der Waals surface area (Å²) in [6, 6.07) is 12.3. The van der Waals surface area contributed by atoms with E-state index >= 15 is 0 Å². The summed E-state index contributed by atoms with van der Waals surface area (Å²) in [7, 11) is -4.23. The highest BCUT2D eigenvalue weighted by atomic mass is 32.2. The molecule has 184 valence electrons. The molecule has 0 radical (unpaired) electrons. The highest BCUT2D eigenvalue weighted by molar-refractivity contribution is 7.88. The second-order valence-electron chi connectivity index (χ2n) is 7.61. The van der Waals surface area contributed by atoms with E-state index in [9.17, 15) is 41.1 Å². The van der Waals surface area contributed by atoms with Crippen molar-refractivity contribution < 1.29 is 36.3 Å². The van der Waals surface area contributed by atoms with Gasteiger partial charge in [0.2, 0.25) is 10.0 Å². The van der Waals surface area contributed by atoms with Gasteiger partial charge in [-0.25, -0.2) is 17.5 Å². The summed E-state index contributed by atoms with van der Waals surface area (Å²) in [4.78, 5) is 38.4. The number of carboxylic acids is 1. The topological polar surface area (TPSA) is 114 Å². The van der Waals surface area contributed by atoms with Crippen LogP contribution in [0.25, 0.3) is 5.69 Å². The lowest BCUT2D eigenvalue weighted by molar-refractivity contribution is -0.137. The van der Waals surface area contributed by atoms with Crippen LogP contribution in [0, 0.1) is 6.92 Å². The van der Waals surface area contributed by atoms with Gasteiger partial charge in [-0.05, 0) is 36.8 Å². The van der Waals surface area contributed by atoms with Crippen molar-refractivity contribution in [1.29, 1.82) is 0 Å². The van der Waals surface area contributed by atoms with Crippen molar-refractivity contribution in [2.75, 3.05) is 6.26 Å². The Morgan fingerprint density at radius 2 is 1.63 bits per heavy atom. The average molecular weight is 508 g/mol. The predicted octanol–water partition coefficient (Wildman–Crippen LogP) is 3.46. The van der Waals surface area contributed by atoms with Crippen molar-refractivity contribution in [1.82, 2.24) is 8.87 Å². The number of alkyl halides is 3. The normalized spacial score (nSPS) is 11.8. The van der Waals surface area contributed by atoms with E-state index in [1.807, 2.05) is 0 Å². The lowest BCUT2D eigenvalue weighted by Gasteiger charge is -2.22. The molecule has 0 bridgehead atoms. The van der Waals surface area contributed by atoms with Gasteiger partial charge < -0.3 is 5.11 Å². The van der Waals surface area contributed by atoms with Gasteiger partial charge in [0.15, 0.2) is 0 Å². The zero-order chi connectivity index (χ0) is 26.1. The number of rotatable bonds is 6. The van der Waals surface area contributed by atoms with Gasteiger partial charge in [0.05, 0.1) is 23.9 Å². The molecule has 0 unspecified atom stereocenters. The molecule has 1 aromatic heterocycles. The van der Waals surface area contributed by atoms with Gasteiger partial charge in [0, 0.05) is 11.4 Å².